The standard InChI is InChI=1S/C30H32N8O2/c1-3-29(39)36-20-27(21-36)35-10-8-34(9-11-35)26-6-4-22(5-7-26)28-14-23(19-38-30(28)24(15-31)16-33-38)25-17-32-37(18-25)12-13-40-2/h3-7,14,16-19,27H,1,8-13,20-21H2,2H3. The number of nitriles is 1. The first kappa shape index (κ1) is 25.8. The number of carbonyl (C=O) groups excluding carboxylic acids is 1. The number of hydrogen-bond acceptors (Lipinski definition) is 7. The van der Waals surface area contributed by atoms with E-state index < -0.39 is 0 Å². The minimum absolute atomic E-state index is 0.0211. The van der Waals surface area contributed by atoms with E-state index in [0.29, 0.717) is 24.8 Å². The maximum absolute atomic E-state index is 11.8. The van der Waals surface area contributed by atoms with Gasteiger partial charge in [0.1, 0.15) is 6.07 Å². The fraction of sp³-hybridized carbons (Fsp3) is 0.333. The fourth-order valence-electron chi connectivity index (χ4n) is 5.59. The highest BCUT2D eigenvalue weighted by molar-refractivity contribution is 5.88. The van der Waals surface area contributed by atoms with E-state index >= 15 is 0 Å². The molecule has 204 valence electrons. The summed E-state index contributed by atoms with van der Waals surface area (Å²) in [6.07, 6.45) is 8.80. The first-order valence-electron chi connectivity index (χ1n) is 13.5. The molecule has 2 saturated heterocycles. The van der Waals surface area contributed by atoms with E-state index in [-0.39, 0.29) is 5.91 Å². The van der Waals surface area contributed by atoms with Crippen LogP contribution in [-0.2, 0) is 16.1 Å². The number of piperazine rings is 1. The third kappa shape index (κ3) is 4.85. The van der Waals surface area contributed by atoms with E-state index in [0.717, 1.165) is 67.0 Å². The molecule has 10 heteroatoms. The maximum atomic E-state index is 11.8. The zero-order valence-electron chi connectivity index (χ0n) is 22.6. The second-order valence-electron chi connectivity index (χ2n) is 10.3. The minimum Gasteiger partial charge on any atom is -0.383 e. The highest BCUT2D eigenvalue weighted by atomic mass is 16.5. The van der Waals surface area contributed by atoms with E-state index in [1.54, 1.807) is 17.8 Å². The third-order valence-corrected chi connectivity index (χ3v) is 7.95. The number of likely N-dealkylation sites (tertiary alicyclic amines) is 1. The molecule has 5 heterocycles. The van der Waals surface area contributed by atoms with Crippen LogP contribution in [0.15, 0.2) is 67.8 Å². The molecule has 0 bridgehead atoms. The van der Waals surface area contributed by atoms with Gasteiger partial charge >= 0.3 is 0 Å². The van der Waals surface area contributed by atoms with E-state index in [1.807, 2.05) is 28.2 Å². The summed E-state index contributed by atoms with van der Waals surface area (Å²) in [5.41, 5.74) is 6.46. The molecule has 0 spiro atoms. The summed E-state index contributed by atoms with van der Waals surface area (Å²) in [4.78, 5) is 18.5. The second kappa shape index (κ2) is 11.0. The van der Waals surface area contributed by atoms with E-state index in [9.17, 15) is 10.1 Å². The molecule has 0 aliphatic carbocycles. The molecule has 2 fully saturated rings. The highest BCUT2D eigenvalue weighted by Gasteiger charge is 2.35. The predicted octanol–water partition coefficient (Wildman–Crippen LogP) is 2.90. The van der Waals surface area contributed by atoms with Gasteiger partial charge in [-0.1, -0.05) is 18.7 Å². The number of nitrogens with zero attached hydrogens (tertiary/aromatic N) is 8. The smallest absolute Gasteiger partial charge is 0.246 e. The van der Waals surface area contributed by atoms with Gasteiger partial charge in [-0.15, -0.1) is 0 Å². The number of anilines is 1. The van der Waals surface area contributed by atoms with Gasteiger partial charge in [-0.3, -0.25) is 14.4 Å². The normalized spacial score (nSPS) is 16.2. The summed E-state index contributed by atoms with van der Waals surface area (Å²) in [6, 6.07) is 13.4. The lowest BCUT2D eigenvalue weighted by Crippen LogP contribution is -2.64. The van der Waals surface area contributed by atoms with Gasteiger partial charge in [0.2, 0.25) is 5.91 Å². The number of pyridine rings is 1. The molecular weight excluding hydrogens is 504 g/mol. The molecule has 0 unspecified atom stereocenters. The summed E-state index contributed by atoms with van der Waals surface area (Å²) in [5, 5.41) is 18.7. The van der Waals surface area contributed by atoms with Gasteiger partial charge in [0.15, 0.2) is 0 Å². The van der Waals surface area contributed by atoms with Crippen LogP contribution in [-0.4, -0.2) is 94.1 Å². The Morgan fingerprint density at radius 2 is 1.85 bits per heavy atom. The lowest BCUT2D eigenvalue weighted by Gasteiger charge is -2.48. The summed E-state index contributed by atoms with van der Waals surface area (Å²) >= 11 is 0. The van der Waals surface area contributed by atoms with E-state index in [1.165, 1.54) is 11.8 Å². The van der Waals surface area contributed by atoms with Crippen LogP contribution in [0.4, 0.5) is 5.69 Å². The monoisotopic (exact) mass is 536 g/mol. The average Bonchev–Trinajstić information content (AvgIpc) is 3.62. The predicted molar refractivity (Wildman–Crippen MR) is 153 cm³/mol. The van der Waals surface area contributed by atoms with E-state index in [2.05, 4.69) is 63.0 Å². The molecule has 40 heavy (non-hydrogen) atoms. The number of benzene rings is 1. The van der Waals surface area contributed by atoms with Crippen molar-refractivity contribution in [1.82, 2.24) is 29.2 Å². The molecule has 0 N–H and O–H groups in total. The SMILES string of the molecule is C=CC(=O)N1CC(N2CCN(c3ccc(-c4cc(-c5cnn(CCOC)c5)cn5ncc(C#N)c45)cc3)CC2)C1. The molecule has 3 aromatic heterocycles. The Bertz CT molecular complexity index is 1570. The number of rotatable bonds is 8. The highest BCUT2D eigenvalue weighted by Crippen LogP contribution is 2.33. The van der Waals surface area contributed by atoms with Crippen molar-refractivity contribution in [3.8, 4) is 28.3 Å². The third-order valence-electron chi connectivity index (χ3n) is 7.95. The zero-order valence-corrected chi connectivity index (χ0v) is 22.6. The van der Waals surface area contributed by atoms with Crippen LogP contribution in [0.1, 0.15) is 5.56 Å². The van der Waals surface area contributed by atoms with Gasteiger partial charge in [0.25, 0.3) is 0 Å². The first-order valence-corrected chi connectivity index (χ1v) is 13.5. The number of fused-ring (bicyclic) bond motifs is 1. The van der Waals surface area contributed by atoms with Crippen molar-refractivity contribution in [2.24, 2.45) is 0 Å². The Balaban J connectivity index is 1.20. The first-order chi connectivity index (χ1) is 19.6. The number of carbonyl (C=O) groups is 1. The molecule has 0 saturated carbocycles. The van der Waals surface area contributed by atoms with Crippen molar-refractivity contribution in [3.05, 3.63) is 73.3 Å². The molecule has 2 aliphatic heterocycles. The molecule has 0 radical (unpaired) electrons. The quantitative estimate of drug-likeness (QED) is 0.320. The van der Waals surface area contributed by atoms with Crippen LogP contribution >= 0.6 is 0 Å². The molecule has 0 atom stereocenters. The fourth-order valence-corrected chi connectivity index (χ4v) is 5.59. The molecule has 10 nitrogen and oxygen atoms in total. The largest absolute Gasteiger partial charge is 0.383 e. The molecular formula is C30H32N8O2. The number of hydrogen-bond donors (Lipinski definition) is 0. The van der Waals surface area contributed by atoms with Gasteiger partial charge in [-0.05, 0) is 29.8 Å². The van der Waals surface area contributed by atoms with Crippen LogP contribution in [0.5, 0.6) is 0 Å². The van der Waals surface area contributed by atoms with E-state index in [4.69, 9.17) is 4.74 Å². The van der Waals surface area contributed by atoms with Gasteiger partial charge in [-0.2, -0.15) is 15.5 Å². The van der Waals surface area contributed by atoms with Crippen molar-refractivity contribution >= 4 is 17.1 Å². The van der Waals surface area contributed by atoms with Gasteiger partial charge in [0, 0.05) is 87.2 Å². The Morgan fingerprint density at radius 3 is 2.55 bits per heavy atom. The second-order valence-corrected chi connectivity index (χ2v) is 10.3. The molecule has 1 aromatic carbocycles. The maximum Gasteiger partial charge on any atom is 0.246 e. The topological polar surface area (TPSA) is 94.9 Å². The number of ether oxygens (including phenoxy) is 1. The Hall–Kier alpha value is -4.46. The van der Waals surface area contributed by atoms with Crippen molar-refractivity contribution in [2.45, 2.75) is 12.6 Å². The van der Waals surface area contributed by atoms with Crippen molar-refractivity contribution in [3.63, 3.8) is 0 Å². The van der Waals surface area contributed by atoms with Crippen molar-refractivity contribution < 1.29 is 9.53 Å². The lowest BCUT2D eigenvalue weighted by atomic mass is 9.99. The lowest BCUT2D eigenvalue weighted by molar-refractivity contribution is -0.133. The van der Waals surface area contributed by atoms with Gasteiger partial charge < -0.3 is 14.5 Å². The van der Waals surface area contributed by atoms with Crippen molar-refractivity contribution in [2.75, 3.05) is 57.9 Å². The number of methoxy groups -OCH3 is 1. The summed E-state index contributed by atoms with van der Waals surface area (Å²) in [7, 11) is 1.68. The number of amides is 1. The van der Waals surface area contributed by atoms with Gasteiger partial charge in [-0.25, -0.2) is 4.52 Å². The zero-order chi connectivity index (χ0) is 27.6. The Kier molecular flexibility index (Phi) is 7.07. The molecule has 4 aromatic rings. The number of aromatic nitrogens is 4. The van der Waals surface area contributed by atoms with Crippen molar-refractivity contribution in [1.29, 1.82) is 5.26 Å². The Morgan fingerprint density at radius 1 is 1.07 bits per heavy atom. The van der Waals surface area contributed by atoms with Crippen LogP contribution in [0.3, 0.4) is 0 Å². The summed E-state index contributed by atoms with van der Waals surface area (Å²) in [5.74, 6) is 0.0211. The minimum atomic E-state index is 0.0211. The summed E-state index contributed by atoms with van der Waals surface area (Å²) < 4.78 is 8.82. The average molecular weight is 537 g/mol. The van der Waals surface area contributed by atoms with Gasteiger partial charge in [0.05, 0.1) is 36.6 Å². The van der Waals surface area contributed by atoms with Crippen LogP contribution < -0.4 is 4.90 Å². The molecule has 2 aliphatic rings. The molecule has 6 rings (SSSR count). The van der Waals surface area contributed by atoms with Crippen LogP contribution in [0.2, 0.25) is 0 Å². The van der Waals surface area contributed by atoms with Crippen LogP contribution in [0, 0.1) is 11.3 Å². The van der Waals surface area contributed by atoms with Crippen LogP contribution in [0.25, 0.3) is 27.8 Å². The molecule has 1 amide bonds. The summed E-state index contributed by atoms with van der Waals surface area (Å²) in [6.45, 7) is 10.3. The Labute approximate surface area is 233 Å².